The summed E-state index contributed by atoms with van der Waals surface area (Å²) in [7, 11) is 0. The molecule has 0 saturated heterocycles. The highest BCUT2D eigenvalue weighted by Crippen LogP contribution is 2.11. The van der Waals surface area contributed by atoms with Crippen LogP contribution in [-0.4, -0.2) is 69.8 Å². The summed E-state index contributed by atoms with van der Waals surface area (Å²) >= 11 is 0. The van der Waals surface area contributed by atoms with Gasteiger partial charge in [-0.2, -0.15) is 0 Å². The third-order valence-electron chi connectivity index (χ3n) is 3.96. The van der Waals surface area contributed by atoms with Gasteiger partial charge in [-0.25, -0.2) is 0 Å². The molecule has 1 rings (SSSR count). The van der Waals surface area contributed by atoms with Crippen LogP contribution in [-0.2, 0) is 25.6 Å². The van der Waals surface area contributed by atoms with E-state index in [1.807, 2.05) is 0 Å². The van der Waals surface area contributed by atoms with Crippen LogP contribution >= 0.6 is 0 Å². The average molecular weight is 410 g/mol. The number of phenolic OH excluding ortho intramolecular Hbond substituents is 1. The maximum Gasteiger partial charge on any atom is 0.322 e. The Morgan fingerprint density at radius 3 is 2.10 bits per heavy atom. The molecule has 8 N–H and O–H groups in total. The molecule has 1 aromatic rings. The topological polar surface area (TPSA) is 191 Å². The van der Waals surface area contributed by atoms with Crippen LogP contribution in [0.2, 0.25) is 0 Å². The highest BCUT2D eigenvalue weighted by atomic mass is 16.4. The van der Waals surface area contributed by atoms with Crippen molar-refractivity contribution in [1.82, 2.24) is 16.0 Å². The number of aromatic hydroxyl groups is 1. The predicted octanol–water partition coefficient (Wildman–Crippen LogP) is -2.17. The lowest BCUT2D eigenvalue weighted by molar-refractivity contribution is -0.138. The van der Waals surface area contributed by atoms with Crippen LogP contribution in [0.5, 0.6) is 5.75 Å². The van der Waals surface area contributed by atoms with E-state index in [0.29, 0.717) is 5.56 Å². The summed E-state index contributed by atoms with van der Waals surface area (Å²) in [6.45, 7) is 2.00. The standard InChI is InChI=1S/C18H26N4O7/c1-9(16(27)20-8-14(25)26)21-18(29)15(10(2)23)22-17(28)13(19)7-11-3-5-12(24)6-4-11/h3-6,9-10,13,15,23-24H,7-8,19H2,1-2H3,(H,20,27)(H,21,29)(H,22,28)(H,25,26). The summed E-state index contributed by atoms with van der Waals surface area (Å²) in [5, 5.41) is 34.4. The molecule has 0 heterocycles. The molecule has 11 nitrogen and oxygen atoms in total. The zero-order valence-corrected chi connectivity index (χ0v) is 16.1. The second-order valence-electron chi connectivity index (χ2n) is 6.55. The average Bonchev–Trinajstić information content (AvgIpc) is 2.64. The summed E-state index contributed by atoms with van der Waals surface area (Å²) in [6.07, 6.45) is -1.15. The van der Waals surface area contributed by atoms with E-state index in [2.05, 4.69) is 16.0 Å². The monoisotopic (exact) mass is 410 g/mol. The van der Waals surface area contributed by atoms with Crippen LogP contribution in [0, 0.1) is 0 Å². The van der Waals surface area contributed by atoms with Gasteiger partial charge in [0.1, 0.15) is 24.4 Å². The van der Waals surface area contributed by atoms with Crippen molar-refractivity contribution in [3.63, 3.8) is 0 Å². The highest BCUT2D eigenvalue weighted by molar-refractivity contribution is 5.93. The minimum absolute atomic E-state index is 0.0686. The molecule has 0 bridgehead atoms. The van der Waals surface area contributed by atoms with Gasteiger partial charge in [-0.1, -0.05) is 12.1 Å². The van der Waals surface area contributed by atoms with E-state index >= 15 is 0 Å². The number of carbonyl (C=O) groups is 4. The number of phenols is 1. The van der Waals surface area contributed by atoms with Crippen molar-refractivity contribution in [2.24, 2.45) is 5.73 Å². The van der Waals surface area contributed by atoms with Crippen molar-refractivity contribution in [1.29, 1.82) is 0 Å². The Morgan fingerprint density at radius 1 is 1.00 bits per heavy atom. The van der Waals surface area contributed by atoms with E-state index in [1.54, 1.807) is 12.1 Å². The second-order valence-corrected chi connectivity index (χ2v) is 6.55. The number of carboxylic acids is 1. The van der Waals surface area contributed by atoms with Crippen LogP contribution in [0.4, 0.5) is 0 Å². The smallest absolute Gasteiger partial charge is 0.322 e. The Labute approximate surface area is 167 Å². The van der Waals surface area contributed by atoms with Gasteiger partial charge in [-0.15, -0.1) is 0 Å². The highest BCUT2D eigenvalue weighted by Gasteiger charge is 2.29. The lowest BCUT2D eigenvalue weighted by Crippen LogP contribution is -2.58. The normalized spacial score (nSPS) is 14.8. The number of rotatable bonds is 10. The van der Waals surface area contributed by atoms with Gasteiger partial charge in [-0.3, -0.25) is 19.2 Å². The predicted molar refractivity (Wildman–Crippen MR) is 102 cm³/mol. The number of nitrogens with one attached hydrogen (secondary N) is 3. The van der Waals surface area contributed by atoms with E-state index in [9.17, 15) is 29.4 Å². The molecular weight excluding hydrogens is 384 g/mol. The molecule has 1 aromatic carbocycles. The van der Waals surface area contributed by atoms with Gasteiger partial charge in [0.15, 0.2) is 0 Å². The molecule has 11 heteroatoms. The first kappa shape index (κ1) is 23.9. The SMILES string of the molecule is CC(NC(=O)C(NC(=O)C(N)Cc1ccc(O)cc1)C(C)O)C(=O)NCC(=O)O. The van der Waals surface area contributed by atoms with E-state index in [1.165, 1.54) is 26.0 Å². The Hall–Kier alpha value is -3.18. The zero-order valence-electron chi connectivity index (χ0n) is 16.1. The fraction of sp³-hybridized carbons (Fsp3) is 0.444. The minimum Gasteiger partial charge on any atom is -0.508 e. The third-order valence-corrected chi connectivity index (χ3v) is 3.96. The number of hydrogen-bond acceptors (Lipinski definition) is 7. The molecule has 0 spiro atoms. The number of amides is 3. The summed E-state index contributed by atoms with van der Waals surface area (Å²) in [6, 6.07) is 2.60. The molecule has 0 aromatic heterocycles. The molecule has 0 aliphatic carbocycles. The lowest BCUT2D eigenvalue weighted by atomic mass is 10.0. The Bertz CT molecular complexity index is 736. The van der Waals surface area contributed by atoms with Gasteiger partial charge in [0.25, 0.3) is 0 Å². The maximum atomic E-state index is 12.3. The van der Waals surface area contributed by atoms with E-state index < -0.39 is 54.5 Å². The summed E-state index contributed by atoms with van der Waals surface area (Å²) in [4.78, 5) is 46.9. The van der Waals surface area contributed by atoms with Crippen molar-refractivity contribution in [3.05, 3.63) is 29.8 Å². The van der Waals surface area contributed by atoms with Gasteiger partial charge in [0.05, 0.1) is 12.1 Å². The fourth-order valence-electron chi connectivity index (χ4n) is 2.33. The lowest BCUT2D eigenvalue weighted by Gasteiger charge is -2.24. The number of hydrogen-bond donors (Lipinski definition) is 7. The molecule has 3 amide bonds. The van der Waals surface area contributed by atoms with Crippen molar-refractivity contribution in [2.75, 3.05) is 6.54 Å². The molecular formula is C18H26N4O7. The Balaban J connectivity index is 2.67. The first-order valence-corrected chi connectivity index (χ1v) is 8.83. The number of aliphatic hydroxyl groups excluding tert-OH is 1. The van der Waals surface area contributed by atoms with Crippen molar-refractivity contribution in [2.45, 2.75) is 44.5 Å². The molecule has 0 radical (unpaired) electrons. The van der Waals surface area contributed by atoms with Crippen molar-refractivity contribution < 1.29 is 34.5 Å². The van der Waals surface area contributed by atoms with Gasteiger partial charge >= 0.3 is 5.97 Å². The number of aliphatic hydroxyl groups is 1. The van der Waals surface area contributed by atoms with Gasteiger partial charge in [0, 0.05) is 0 Å². The zero-order chi connectivity index (χ0) is 22.1. The molecule has 160 valence electrons. The van der Waals surface area contributed by atoms with Crippen LogP contribution in [0.3, 0.4) is 0 Å². The third kappa shape index (κ3) is 8.15. The van der Waals surface area contributed by atoms with Crippen molar-refractivity contribution in [3.8, 4) is 5.75 Å². The quantitative estimate of drug-likeness (QED) is 0.227. The number of aliphatic carboxylic acids is 1. The molecule has 0 aliphatic heterocycles. The summed E-state index contributed by atoms with van der Waals surface area (Å²) in [5.74, 6) is -3.43. The van der Waals surface area contributed by atoms with Crippen LogP contribution < -0.4 is 21.7 Å². The Morgan fingerprint density at radius 2 is 1.59 bits per heavy atom. The van der Waals surface area contributed by atoms with E-state index in [-0.39, 0.29) is 12.2 Å². The van der Waals surface area contributed by atoms with Crippen LogP contribution in [0.1, 0.15) is 19.4 Å². The largest absolute Gasteiger partial charge is 0.508 e. The Kier molecular flexibility index (Phi) is 9.03. The van der Waals surface area contributed by atoms with Gasteiger partial charge < -0.3 is 37.0 Å². The molecule has 0 aliphatic rings. The van der Waals surface area contributed by atoms with Gasteiger partial charge in [0.2, 0.25) is 17.7 Å². The van der Waals surface area contributed by atoms with E-state index in [4.69, 9.17) is 10.8 Å². The molecule has 0 fully saturated rings. The number of nitrogens with two attached hydrogens (primary N) is 1. The maximum absolute atomic E-state index is 12.3. The van der Waals surface area contributed by atoms with Crippen LogP contribution in [0.25, 0.3) is 0 Å². The van der Waals surface area contributed by atoms with Gasteiger partial charge in [-0.05, 0) is 38.0 Å². The summed E-state index contributed by atoms with van der Waals surface area (Å²) < 4.78 is 0. The first-order chi connectivity index (χ1) is 13.5. The minimum atomic E-state index is -1.37. The molecule has 0 saturated carbocycles. The number of carboxylic acid groups (broad SMARTS) is 1. The number of benzene rings is 1. The first-order valence-electron chi connectivity index (χ1n) is 8.83. The fourth-order valence-corrected chi connectivity index (χ4v) is 2.33. The molecule has 29 heavy (non-hydrogen) atoms. The number of carbonyl (C=O) groups excluding carboxylic acids is 3. The van der Waals surface area contributed by atoms with E-state index in [0.717, 1.165) is 0 Å². The molecule has 4 unspecified atom stereocenters. The second kappa shape index (κ2) is 11.0. The van der Waals surface area contributed by atoms with Crippen LogP contribution in [0.15, 0.2) is 24.3 Å². The molecule has 4 atom stereocenters. The van der Waals surface area contributed by atoms with Crippen molar-refractivity contribution >= 4 is 23.7 Å². The summed E-state index contributed by atoms with van der Waals surface area (Å²) in [5.41, 5.74) is 6.53.